The molecule has 1 aliphatic carbocycles. The average molecular weight is 595 g/mol. The van der Waals surface area contributed by atoms with Gasteiger partial charge in [0.15, 0.2) is 0 Å². The summed E-state index contributed by atoms with van der Waals surface area (Å²) in [7, 11) is -0.628. The Morgan fingerprint density at radius 3 is 2.16 bits per heavy atom. The zero-order chi connectivity index (χ0) is 27.1. The first-order valence-electron chi connectivity index (χ1n) is 12.7. The lowest BCUT2D eigenvalue weighted by Gasteiger charge is -2.32. The minimum Gasteiger partial charge on any atom is -0.449 e. The Kier molecular flexibility index (Phi) is 7.49. The minimum absolute atomic E-state index is 0.00344. The normalized spacial score (nSPS) is 17.7. The highest BCUT2D eigenvalue weighted by atomic mass is 79.9. The number of halogens is 2. The van der Waals surface area contributed by atoms with Crippen LogP contribution >= 0.6 is 27.5 Å². The zero-order valence-corrected chi connectivity index (χ0v) is 24.2. The number of amides is 1. The zero-order valence-electron chi connectivity index (χ0n) is 21.9. The fourth-order valence-electron chi connectivity index (χ4n) is 4.84. The largest absolute Gasteiger partial charge is 0.492 e. The summed E-state index contributed by atoms with van der Waals surface area (Å²) < 4.78 is 19.2. The second-order valence-corrected chi connectivity index (χ2v) is 11.9. The second kappa shape index (κ2) is 10.5. The quantitative estimate of drug-likeness (QED) is 0.298. The van der Waals surface area contributed by atoms with Gasteiger partial charge in [-0.15, -0.1) is 0 Å². The summed E-state index contributed by atoms with van der Waals surface area (Å²) in [5.74, 6) is -0.00344. The molecular weight excluding hydrogens is 565 g/mol. The van der Waals surface area contributed by atoms with Gasteiger partial charge in [0.2, 0.25) is 0 Å². The van der Waals surface area contributed by atoms with Crippen LogP contribution in [-0.2, 0) is 14.0 Å². The molecule has 5 rings (SSSR count). The number of nitrogens with one attached hydrogen (secondary N) is 1. The third-order valence-corrected chi connectivity index (χ3v) is 8.56. The molecule has 1 fully saturated rings. The number of hydrogen-bond acceptors (Lipinski definition) is 4. The van der Waals surface area contributed by atoms with Crippen molar-refractivity contribution in [2.75, 3.05) is 13.2 Å². The lowest BCUT2D eigenvalue weighted by molar-refractivity contribution is 0.00578. The van der Waals surface area contributed by atoms with Crippen molar-refractivity contribution in [1.29, 1.82) is 0 Å². The number of ether oxygens (including phenoxy) is 1. The molecular formula is C30H30BBrClNO4. The molecule has 0 unspecified atom stereocenters. The summed E-state index contributed by atoms with van der Waals surface area (Å²) in [5.41, 5.74) is 5.36. The van der Waals surface area contributed by atoms with Crippen LogP contribution < -0.4 is 5.32 Å². The van der Waals surface area contributed by atoms with E-state index < -0.39 is 24.4 Å². The monoisotopic (exact) mass is 593 g/mol. The first kappa shape index (κ1) is 27.0. The molecule has 5 nitrogen and oxygen atoms in total. The van der Waals surface area contributed by atoms with E-state index in [1.807, 2.05) is 76.2 Å². The predicted molar refractivity (Wildman–Crippen MR) is 156 cm³/mol. The van der Waals surface area contributed by atoms with Crippen molar-refractivity contribution < 1.29 is 18.8 Å². The van der Waals surface area contributed by atoms with Crippen LogP contribution in [0.3, 0.4) is 0 Å². The molecule has 1 heterocycles. The van der Waals surface area contributed by atoms with Gasteiger partial charge in [-0.05, 0) is 73.1 Å². The summed E-state index contributed by atoms with van der Waals surface area (Å²) in [4.78, 5) is 12.9. The van der Waals surface area contributed by atoms with Gasteiger partial charge in [-0.25, -0.2) is 4.79 Å². The first-order valence-corrected chi connectivity index (χ1v) is 13.8. The molecule has 3 aromatic carbocycles. The topological polar surface area (TPSA) is 56.8 Å². The molecule has 8 heteroatoms. The number of carbonyl (C=O) groups is 1. The van der Waals surface area contributed by atoms with Crippen molar-refractivity contribution in [3.05, 3.63) is 98.4 Å². The number of rotatable bonds is 6. The lowest BCUT2D eigenvalue weighted by atomic mass is 9.77. The molecule has 0 aromatic heterocycles. The summed E-state index contributed by atoms with van der Waals surface area (Å²) in [6, 6.07) is 22.1. The molecule has 0 spiro atoms. The molecule has 0 saturated carbocycles. The number of benzene rings is 3. The third kappa shape index (κ3) is 5.30. The van der Waals surface area contributed by atoms with Gasteiger partial charge < -0.3 is 19.4 Å². The van der Waals surface area contributed by atoms with Crippen LogP contribution in [0.2, 0.25) is 5.02 Å². The maximum Gasteiger partial charge on any atom is 0.492 e. The maximum atomic E-state index is 12.9. The summed E-state index contributed by atoms with van der Waals surface area (Å²) >= 11 is 9.71. The van der Waals surface area contributed by atoms with Gasteiger partial charge in [0, 0.05) is 22.0 Å². The number of fused-ring (bicyclic) bond motifs is 3. The lowest BCUT2D eigenvalue weighted by Crippen LogP contribution is -2.41. The van der Waals surface area contributed by atoms with Crippen molar-refractivity contribution in [3.63, 3.8) is 0 Å². The Hall–Kier alpha value is -2.58. The van der Waals surface area contributed by atoms with E-state index in [0.717, 1.165) is 15.5 Å². The molecule has 0 radical (unpaired) electrons. The van der Waals surface area contributed by atoms with E-state index in [4.69, 9.17) is 25.6 Å². The Morgan fingerprint density at radius 2 is 1.58 bits per heavy atom. The van der Waals surface area contributed by atoms with E-state index in [1.54, 1.807) is 0 Å². The highest BCUT2D eigenvalue weighted by Gasteiger charge is 2.52. The van der Waals surface area contributed by atoms with Crippen LogP contribution in [0.5, 0.6) is 0 Å². The van der Waals surface area contributed by atoms with E-state index in [9.17, 15) is 4.79 Å². The fraction of sp³-hybridized carbons (Fsp3) is 0.300. The number of hydrogen-bond donors (Lipinski definition) is 1. The minimum atomic E-state index is -0.628. The van der Waals surface area contributed by atoms with E-state index in [0.29, 0.717) is 5.02 Å². The third-order valence-electron chi connectivity index (χ3n) is 7.64. The van der Waals surface area contributed by atoms with Crippen LogP contribution in [0.4, 0.5) is 4.79 Å². The standard InChI is InChI=1S/C30H30BBrClNO4/c1-29(2)30(3,4)38-31(37-29)20(15-19-13-14-21(33)16-27(19)32)17-34-28(35)36-18-26-24-11-7-5-9-22(24)23-10-6-8-12-25(23)26/h5-16,26H,17-18H2,1-4H3,(H,34,35). The van der Waals surface area contributed by atoms with Gasteiger partial charge >= 0.3 is 13.2 Å². The molecule has 1 aliphatic heterocycles. The van der Waals surface area contributed by atoms with Crippen LogP contribution in [0.25, 0.3) is 17.2 Å². The SMILES string of the molecule is CC1(C)OB(C(=Cc2ccc(Cl)cc2Br)CNC(=O)OCC2c3ccccc3-c3ccccc32)OC1(C)C. The van der Waals surface area contributed by atoms with Gasteiger partial charge in [-0.2, -0.15) is 0 Å². The average Bonchev–Trinajstić information content (AvgIpc) is 3.30. The van der Waals surface area contributed by atoms with Crippen LogP contribution in [-0.4, -0.2) is 37.6 Å². The molecule has 1 N–H and O–H groups in total. The molecule has 2 aliphatic rings. The van der Waals surface area contributed by atoms with Gasteiger partial charge in [0.25, 0.3) is 0 Å². The highest BCUT2D eigenvalue weighted by molar-refractivity contribution is 9.10. The van der Waals surface area contributed by atoms with Crippen LogP contribution in [0.1, 0.15) is 50.3 Å². The molecule has 1 saturated heterocycles. The second-order valence-electron chi connectivity index (χ2n) is 10.7. The predicted octanol–water partition coefficient (Wildman–Crippen LogP) is 7.66. The number of alkyl carbamates (subject to hydrolysis) is 1. The number of carbonyl (C=O) groups excluding carboxylic acids is 1. The maximum absolute atomic E-state index is 12.9. The summed E-state index contributed by atoms with van der Waals surface area (Å²) in [5, 5.41) is 3.53. The van der Waals surface area contributed by atoms with Crippen molar-refractivity contribution in [2.45, 2.75) is 44.8 Å². The van der Waals surface area contributed by atoms with Crippen molar-refractivity contribution in [3.8, 4) is 11.1 Å². The van der Waals surface area contributed by atoms with Gasteiger partial charge in [0.05, 0.1) is 11.2 Å². The van der Waals surface area contributed by atoms with Gasteiger partial charge in [0.1, 0.15) is 6.61 Å². The molecule has 196 valence electrons. The first-order chi connectivity index (χ1) is 18.1. The molecule has 38 heavy (non-hydrogen) atoms. The van der Waals surface area contributed by atoms with E-state index >= 15 is 0 Å². The Morgan fingerprint density at radius 1 is 1.00 bits per heavy atom. The highest BCUT2D eigenvalue weighted by Crippen LogP contribution is 2.44. The van der Waals surface area contributed by atoms with Crippen molar-refractivity contribution >= 4 is 46.8 Å². The molecule has 0 atom stereocenters. The molecule has 0 bridgehead atoms. The smallest absolute Gasteiger partial charge is 0.449 e. The fourth-order valence-corrected chi connectivity index (χ4v) is 5.64. The summed E-state index contributed by atoms with van der Waals surface area (Å²) in [6.07, 6.45) is 1.45. The Labute approximate surface area is 237 Å². The van der Waals surface area contributed by atoms with E-state index in [1.165, 1.54) is 22.3 Å². The van der Waals surface area contributed by atoms with E-state index in [2.05, 4.69) is 45.5 Å². The van der Waals surface area contributed by atoms with Crippen LogP contribution in [0, 0.1) is 0 Å². The van der Waals surface area contributed by atoms with Crippen molar-refractivity contribution in [2.24, 2.45) is 0 Å². The van der Waals surface area contributed by atoms with Gasteiger partial charge in [-0.1, -0.05) is 88.2 Å². The Bertz CT molecular complexity index is 1350. The van der Waals surface area contributed by atoms with Crippen LogP contribution in [0.15, 0.2) is 76.7 Å². The van der Waals surface area contributed by atoms with Crippen molar-refractivity contribution in [1.82, 2.24) is 5.32 Å². The molecule has 3 aromatic rings. The van der Waals surface area contributed by atoms with E-state index in [-0.39, 0.29) is 19.1 Å². The van der Waals surface area contributed by atoms with Gasteiger partial charge in [-0.3, -0.25) is 0 Å². The Balaban J connectivity index is 1.31. The summed E-state index contributed by atoms with van der Waals surface area (Å²) in [6.45, 7) is 8.45. The molecule has 1 amide bonds.